The Morgan fingerprint density at radius 2 is 2.00 bits per heavy atom. The van der Waals surface area contributed by atoms with Crippen molar-refractivity contribution in [3.8, 4) is 0 Å². The molecule has 1 amide bonds. The van der Waals surface area contributed by atoms with E-state index in [-0.39, 0.29) is 5.41 Å². The van der Waals surface area contributed by atoms with Crippen LogP contribution in [0.1, 0.15) is 19.3 Å². The number of likely N-dealkylation sites (tertiary alicyclic amines) is 1. The molecule has 3 heterocycles. The number of nitrogens with zero attached hydrogens (tertiary/aromatic N) is 5. The van der Waals surface area contributed by atoms with Gasteiger partial charge in [-0.2, -0.15) is 0 Å². The Hall–Kier alpha value is -1.69. The smallest absolute Gasteiger partial charge is 0.230 e. The summed E-state index contributed by atoms with van der Waals surface area (Å²) in [5, 5.41) is 0. The van der Waals surface area contributed by atoms with Crippen LogP contribution in [0.25, 0.3) is 0 Å². The zero-order chi connectivity index (χ0) is 15.6. The number of likely N-dealkylation sites (N-methyl/N-ethyl adjacent to an activating group) is 1. The molecule has 0 bridgehead atoms. The van der Waals surface area contributed by atoms with Crippen LogP contribution in [-0.4, -0.2) is 72.5 Å². The molecule has 2 aliphatic rings. The summed E-state index contributed by atoms with van der Waals surface area (Å²) in [7, 11) is 4.09. The van der Waals surface area contributed by atoms with Gasteiger partial charge in [0, 0.05) is 45.1 Å². The molecule has 1 aromatic rings. The zero-order valence-electron chi connectivity index (χ0n) is 13.5. The topological polar surface area (TPSA) is 52.6 Å². The van der Waals surface area contributed by atoms with Gasteiger partial charge in [0.2, 0.25) is 11.9 Å². The van der Waals surface area contributed by atoms with Crippen molar-refractivity contribution in [1.29, 1.82) is 0 Å². The fraction of sp³-hybridized carbons (Fsp3) is 0.688. The predicted molar refractivity (Wildman–Crippen MR) is 85.7 cm³/mol. The molecule has 2 aliphatic heterocycles. The Balaban J connectivity index is 1.70. The summed E-state index contributed by atoms with van der Waals surface area (Å²) in [6, 6.07) is 1.83. The van der Waals surface area contributed by atoms with Gasteiger partial charge >= 0.3 is 0 Å². The third kappa shape index (κ3) is 2.92. The number of hydrogen-bond acceptors (Lipinski definition) is 5. The second-order valence-electron chi connectivity index (χ2n) is 6.70. The van der Waals surface area contributed by atoms with Crippen molar-refractivity contribution >= 4 is 11.9 Å². The first-order valence-electron chi connectivity index (χ1n) is 8.07. The highest BCUT2D eigenvalue weighted by molar-refractivity contribution is 5.85. The summed E-state index contributed by atoms with van der Waals surface area (Å²) in [5.74, 6) is 1.08. The number of piperidine rings is 1. The van der Waals surface area contributed by atoms with E-state index >= 15 is 0 Å². The van der Waals surface area contributed by atoms with Crippen LogP contribution in [0.3, 0.4) is 0 Å². The van der Waals surface area contributed by atoms with Crippen LogP contribution < -0.4 is 4.90 Å². The molecule has 1 spiro atoms. The highest BCUT2D eigenvalue weighted by Gasteiger charge is 2.49. The van der Waals surface area contributed by atoms with Crippen LogP contribution in [-0.2, 0) is 4.79 Å². The van der Waals surface area contributed by atoms with Gasteiger partial charge in [-0.15, -0.1) is 0 Å². The van der Waals surface area contributed by atoms with Crippen LogP contribution in [0.5, 0.6) is 0 Å². The minimum Gasteiger partial charge on any atom is -0.341 e. The van der Waals surface area contributed by atoms with Crippen molar-refractivity contribution in [2.24, 2.45) is 5.41 Å². The fourth-order valence-corrected chi connectivity index (χ4v) is 3.56. The molecule has 0 aliphatic carbocycles. The molecule has 6 heteroatoms. The van der Waals surface area contributed by atoms with E-state index in [2.05, 4.69) is 19.8 Å². The number of carbonyl (C=O) groups excluding carboxylic acids is 1. The number of hydrogen-bond donors (Lipinski definition) is 0. The average molecular weight is 303 g/mol. The number of amides is 1. The van der Waals surface area contributed by atoms with E-state index in [9.17, 15) is 4.79 Å². The molecule has 0 aromatic carbocycles. The highest BCUT2D eigenvalue weighted by atomic mass is 16.2. The lowest BCUT2D eigenvalue weighted by Gasteiger charge is -2.39. The molecule has 0 unspecified atom stereocenters. The quantitative estimate of drug-likeness (QED) is 0.826. The summed E-state index contributed by atoms with van der Waals surface area (Å²) in [6.45, 7) is 4.34. The van der Waals surface area contributed by atoms with E-state index in [0.717, 1.165) is 57.9 Å². The van der Waals surface area contributed by atoms with E-state index in [1.807, 2.05) is 25.1 Å². The molecule has 1 atom stereocenters. The van der Waals surface area contributed by atoms with Gasteiger partial charge in [-0.1, -0.05) is 0 Å². The van der Waals surface area contributed by atoms with Gasteiger partial charge in [-0.25, -0.2) is 9.97 Å². The third-order valence-electron chi connectivity index (χ3n) is 4.83. The van der Waals surface area contributed by atoms with Crippen molar-refractivity contribution in [1.82, 2.24) is 19.8 Å². The van der Waals surface area contributed by atoms with Gasteiger partial charge in [0.25, 0.3) is 0 Å². The maximum absolute atomic E-state index is 12.9. The van der Waals surface area contributed by atoms with E-state index in [1.54, 1.807) is 12.4 Å². The monoisotopic (exact) mass is 303 g/mol. The predicted octanol–water partition coefficient (Wildman–Crippen LogP) is 0.857. The van der Waals surface area contributed by atoms with Crippen LogP contribution in [0.15, 0.2) is 18.5 Å². The summed E-state index contributed by atoms with van der Waals surface area (Å²) in [4.78, 5) is 27.9. The SMILES string of the molecule is CN(C)CCN1CC[C@]2(CCCN(c3ncccn3)C2)C1=O. The number of rotatable bonds is 4. The van der Waals surface area contributed by atoms with Crippen molar-refractivity contribution in [3.05, 3.63) is 18.5 Å². The Morgan fingerprint density at radius 1 is 1.23 bits per heavy atom. The Kier molecular flexibility index (Phi) is 4.29. The molecular weight excluding hydrogens is 278 g/mol. The van der Waals surface area contributed by atoms with E-state index in [1.165, 1.54) is 0 Å². The molecule has 0 N–H and O–H groups in total. The maximum atomic E-state index is 12.9. The molecule has 6 nitrogen and oxygen atoms in total. The third-order valence-corrected chi connectivity index (χ3v) is 4.83. The maximum Gasteiger partial charge on any atom is 0.230 e. The van der Waals surface area contributed by atoms with Crippen molar-refractivity contribution in [2.75, 3.05) is 51.7 Å². The fourth-order valence-electron chi connectivity index (χ4n) is 3.56. The molecule has 3 rings (SSSR count). The lowest BCUT2D eigenvalue weighted by Crippen LogP contribution is -2.49. The first-order chi connectivity index (χ1) is 10.6. The van der Waals surface area contributed by atoms with Gasteiger partial charge in [-0.3, -0.25) is 4.79 Å². The first kappa shape index (κ1) is 15.2. The highest BCUT2D eigenvalue weighted by Crippen LogP contribution is 2.40. The van der Waals surface area contributed by atoms with Crippen molar-refractivity contribution in [2.45, 2.75) is 19.3 Å². The largest absolute Gasteiger partial charge is 0.341 e. The Morgan fingerprint density at radius 3 is 2.73 bits per heavy atom. The lowest BCUT2D eigenvalue weighted by atomic mass is 9.78. The van der Waals surface area contributed by atoms with Gasteiger partial charge in [0.1, 0.15) is 0 Å². The number of anilines is 1. The molecule has 0 radical (unpaired) electrons. The van der Waals surface area contributed by atoms with Gasteiger partial charge in [0.05, 0.1) is 5.41 Å². The normalized spacial score (nSPS) is 25.5. The van der Waals surface area contributed by atoms with Crippen LogP contribution in [0.2, 0.25) is 0 Å². The molecule has 0 saturated carbocycles. The van der Waals surface area contributed by atoms with Crippen LogP contribution in [0.4, 0.5) is 5.95 Å². The molecule has 22 heavy (non-hydrogen) atoms. The summed E-state index contributed by atoms with van der Waals surface area (Å²) >= 11 is 0. The summed E-state index contributed by atoms with van der Waals surface area (Å²) in [6.07, 6.45) is 6.52. The van der Waals surface area contributed by atoms with Gasteiger partial charge in [-0.05, 0) is 39.4 Å². The van der Waals surface area contributed by atoms with Crippen molar-refractivity contribution in [3.63, 3.8) is 0 Å². The summed E-state index contributed by atoms with van der Waals surface area (Å²) in [5.41, 5.74) is -0.218. The van der Waals surface area contributed by atoms with E-state index in [0.29, 0.717) is 5.91 Å². The lowest BCUT2D eigenvalue weighted by molar-refractivity contribution is -0.136. The average Bonchev–Trinajstić information content (AvgIpc) is 2.83. The Bertz CT molecular complexity index is 521. The minimum absolute atomic E-state index is 0.218. The minimum atomic E-state index is -0.218. The van der Waals surface area contributed by atoms with Crippen molar-refractivity contribution < 1.29 is 4.79 Å². The van der Waals surface area contributed by atoms with E-state index < -0.39 is 0 Å². The Labute approximate surface area is 132 Å². The second kappa shape index (κ2) is 6.20. The van der Waals surface area contributed by atoms with Crippen LogP contribution in [0, 0.1) is 5.41 Å². The van der Waals surface area contributed by atoms with Crippen LogP contribution >= 0.6 is 0 Å². The molecule has 2 fully saturated rings. The molecule has 2 saturated heterocycles. The standard InChI is InChI=1S/C16H25N5O/c1-19(2)11-12-20-10-6-16(14(20)22)5-3-9-21(13-16)15-17-7-4-8-18-15/h4,7-8H,3,5-6,9-13H2,1-2H3/t16-/m0/s1. The van der Waals surface area contributed by atoms with E-state index in [4.69, 9.17) is 0 Å². The molecular formula is C16H25N5O. The number of carbonyl (C=O) groups is 1. The van der Waals surface area contributed by atoms with Gasteiger partial charge in [0.15, 0.2) is 0 Å². The zero-order valence-corrected chi connectivity index (χ0v) is 13.5. The first-order valence-corrected chi connectivity index (χ1v) is 8.07. The molecule has 120 valence electrons. The second-order valence-corrected chi connectivity index (χ2v) is 6.70. The molecule has 1 aromatic heterocycles. The number of aromatic nitrogens is 2. The van der Waals surface area contributed by atoms with Gasteiger partial charge < -0.3 is 14.7 Å². The summed E-state index contributed by atoms with van der Waals surface area (Å²) < 4.78 is 0.